The van der Waals surface area contributed by atoms with Crippen molar-refractivity contribution in [3.8, 4) is 0 Å². The molecule has 0 atom stereocenters. The highest BCUT2D eigenvalue weighted by Crippen LogP contribution is 2.28. The number of anilines is 1. The van der Waals surface area contributed by atoms with Crippen LogP contribution in [0.2, 0.25) is 0 Å². The van der Waals surface area contributed by atoms with E-state index in [1.54, 1.807) is 24.3 Å². The lowest BCUT2D eigenvalue weighted by atomic mass is 10.1. The molecule has 5 heteroatoms. The Hall–Kier alpha value is -2.82. The Kier molecular flexibility index (Phi) is 5.01. The summed E-state index contributed by atoms with van der Waals surface area (Å²) in [5, 5.41) is 1.57. The van der Waals surface area contributed by atoms with Crippen LogP contribution in [0.4, 0.5) is 5.69 Å². The van der Waals surface area contributed by atoms with Gasteiger partial charge in [-0.25, -0.2) is 4.90 Å². The number of benzene rings is 2. The minimum Gasteiger partial charge on any atom is -0.299 e. The van der Waals surface area contributed by atoms with E-state index in [2.05, 4.69) is 0 Å². The highest BCUT2D eigenvalue weighted by Gasteiger charge is 2.26. The molecule has 0 saturated carbocycles. The first-order chi connectivity index (χ1) is 10.9. The Morgan fingerprint density at radius 1 is 0.783 bits per heavy atom. The quantitative estimate of drug-likeness (QED) is 0.796. The maximum absolute atomic E-state index is 12.4. The molecule has 0 aromatic heterocycles. The summed E-state index contributed by atoms with van der Waals surface area (Å²) in [5.74, 6) is -1.92. The largest absolute Gasteiger partial charge is 0.299 e. The van der Waals surface area contributed by atoms with Gasteiger partial charge >= 0.3 is 0 Å². The third kappa shape index (κ3) is 3.88. The second kappa shape index (κ2) is 6.96. The first-order valence-corrected chi connectivity index (χ1v) is 7.22. The molecule has 0 fully saturated rings. The molecular weight excluding hydrogens is 294 g/mol. The normalized spacial score (nSPS) is 10.3. The second-order valence-corrected chi connectivity index (χ2v) is 5.38. The minimum atomic E-state index is -0.625. The van der Waals surface area contributed by atoms with Gasteiger partial charge in [-0.05, 0) is 25.3 Å². The fourth-order valence-electron chi connectivity index (χ4n) is 2.40. The van der Waals surface area contributed by atoms with E-state index in [1.165, 1.54) is 13.8 Å². The van der Waals surface area contributed by atoms with E-state index in [0.29, 0.717) is 11.1 Å². The van der Waals surface area contributed by atoms with Gasteiger partial charge in [0.25, 0.3) is 0 Å². The van der Waals surface area contributed by atoms with Gasteiger partial charge in [0, 0.05) is 5.39 Å². The Balaban J connectivity index is 2.55. The van der Waals surface area contributed by atoms with Crippen LogP contribution in [0.5, 0.6) is 0 Å². The molecule has 0 aliphatic rings. The molecule has 0 saturated heterocycles. The van der Waals surface area contributed by atoms with Crippen LogP contribution in [0, 0.1) is 0 Å². The van der Waals surface area contributed by atoms with E-state index in [4.69, 9.17) is 0 Å². The van der Waals surface area contributed by atoms with Crippen molar-refractivity contribution in [2.75, 3.05) is 4.90 Å². The van der Waals surface area contributed by atoms with Crippen molar-refractivity contribution in [3.63, 3.8) is 0 Å². The smallest absolute Gasteiger partial charge is 0.241 e. The van der Waals surface area contributed by atoms with Crippen molar-refractivity contribution >= 4 is 39.8 Å². The van der Waals surface area contributed by atoms with Crippen molar-refractivity contribution in [2.45, 2.75) is 26.7 Å². The zero-order valence-electron chi connectivity index (χ0n) is 13.0. The van der Waals surface area contributed by atoms with Crippen LogP contribution in [0.1, 0.15) is 26.7 Å². The maximum atomic E-state index is 12.4. The lowest BCUT2D eigenvalue weighted by Crippen LogP contribution is -2.38. The predicted octanol–water partition coefficient (Wildman–Crippen LogP) is 2.66. The first-order valence-electron chi connectivity index (χ1n) is 7.22. The molecule has 0 aliphatic heterocycles. The fourth-order valence-corrected chi connectivity index (χ4v) is 2.40. The molecule has 5 nitrogen and oxygen atoms in total. The number of imide groups is 1. The number of carbonyl (C=O) groups excluding carboxylic acids is 4. The van der Waals surface area contributed by atoms with Crippen LogP contribution in [-0.4, -0.2) is 23.4 Å². The van der Waals surface area contributed by atoms with Crippen molar-refractivity contribution in [3.05, 3.63) is 42.5 Å². The number of Topliss-reactive ketones (excluding diaryl/α,β-unsaturated/α-hetero) is 2. The number of rotatable bonds is 5. The van der Waals surface area contributed by atoms with Gasteiger partial charge in [0.2, 0.25) is 11.8 Å². The number of ketones is 2. The second-order valence-electron chi connectivity index (χ2n) is 5.38. The predicted molar refractivity (Wildman–Crippen MR) is 87.0 cm³/mol. The van der Waals surface area contributed by atoms with Crippen LogP contribution in [-0.2, 0) is 19.2 Å². The zero-order chi connectivity index (χ0) is 17.0. The summed E-state index contributed by atoms with van der Waals surface area (Å²) in [4.78, 5) is 48.3. The van der Waals surface area contributed by atoms with Gasteiger partial charge in [-0.3, -0.25) is 19.2 Å². The Bertz CT molecular complexity index is 761. The van der Waals surface area contributed by atoms with E-state index in [0.717, 1.165) is 10.3 Å². The summed E-state index contributed by atoms with van der Waals surface area (Å²) >= 11 is 0. The number of hydrogen-bond donors (Lipinski definition) is 0. The minimum absolute atomic E-state index is 0.337. The molecule has 0 N–H and O–H groups in total. The molecule has 0 heterocycles. The van der Waals surface area contributed by atoms with Gasteiger partial charge in [0.05, 0.1) is 18.5 Å². The SMILES string of the molecule is CC(=O)CC(=O)N(C(=O)CC(C)=O)c1cccc2ccccc12. The molecule has 23 heavy (non-hydrogen) atoms. The summed E-state index contributed by atoms with van der Waals surface area (Å²) in [6, 6.07) is 12.5. The zero-order valence-corrected chi connectivity index (χ0v) is 13.0. The average molecular weight is 311 g/mol. The van der Waals surface area contributed by atoms with E-state index in [1.807, 2.05) is 18.2 Å². The highest BCUT2D eigenvalue weighted by molar-refractivity contribution is 6.24. The molecule has 2 rings (SSSR count). The fraction of sp³-hybridized carbons (Fsp3) is 0.222. The lowest BCUT2D eigenvalue weighted by Gasteiger charge is -2.22. The summed E-state index contributed by atoms with van der Waals surface area (Å²) in [6.07, 6.45) is -0.764. The van der Waals surface area contributed by atoms with Gasteiger partial charge in [0.1, 0.15) is 11.6 Å². The molecule has 0 radical (unpaired) electrons. The lowest BCUT2D eigenvalue weighted by molar-refractivity contribution is -0.130. The van der Waals surface area contributed by atoms with Crippen LogP contribution < -0.4 is 4.90 Å². The molecule has 2 amide bonds. The molecule has 2 aromatic rings. The van der Waals surface area contributed by atoms with Gasteiger partial charge in [-0.2, -0.15) is 0 Å². The summed E-state index contributed by atoms with van der Waals surface area (Å²) < 4.78 is 0. The van der Waals surface area contributed by atoms with E-state index < -0.39 is 11.8 Å². The summed E-state index contributed by atoms with van der Waals surface area (Å²) in [6.45, 7) is 2.57. The number of fused-ring (bicyclic) bond motifs is 1. The van der Waals surface area contributed by atoms with Crippen molar-refractivity contribution in [1.29, 1.82) is 0 Å². The summed E-state index contributed by atoms with van der Waals surface area (Å²) in [5.41, 5.74) is 0.389. The third-order valence-corrected chi connectivity index (χ3v) is 3.31. The molecule has 0 aliphatic carbocycles. The van der Waals surface area contributed by atoms with Crippen molar-refractivity contribution < 1.29 is 19.2 Å². The van der Waals surface area contributed by atoms with E-state index in [-0.39, 0.29) is 24.4 Å². The molecular formula is C18H17NO4. The van der Waals surface area contributed by atoms with Crippen LogP contribution >= 0.6 is 0 Å². The van der Waals surface area contributed by atoms with Gasteiger partial charge < -0.3 is 0 Å². The van der Waals surface area contributed by atoms with Crippen LogP contribution in [0.25, 0.3) is 10.8 Å². The number of amides is 2. The average Bonchev–Trinajstić information content (AvgIpc) is 2.46. The van der Waals surface area contributed by atoms with Crippen LogP contribution in [0.15, 0.2) is 42.5 Å². The highest BCUT2D eigenvalue weighted by atomic mass is 16.2. The van der Waals surface area contributed by atoms with Gasteiger partial charge in [0.15, 0.2) is 0 Å². The van der Waals surface area contributed by atoms with Gasteiger partial charge in [-0.15, -0.1) is 0 Å². The molecule has 118 valence electrons. The Labute approximate surface area is 133 Å². The topological polar surface area (TPSA) is 71.5 Å². The van der Waals surface area contributed by atoms with Gasteiger partial charge in [-0.1, -0.05) is 36.4 Å². The molecule has 2 aromatic carbocycles. The number of carbonyl (C=O) groups is 4. The Morgan fingerprint density at radius 2 is 1.30 bits per heavy atom. The first kappa shape index (κ1) is 16.5. The molecule has 0 spiro atoms. The molecule has 0 bridgehead atoms. The maximum Gasteiger partial charge on any atom is 0.241 e. The van der Waals surface area contributed by atoms with Crippen molar-refractivity contribution in [2.24, 2.45) is 0 Å². The number of nitrogens with zero attached hydrogens (tertiary/aromatic N) is 1. The van der Waals surface area contributed by atoms with E-state index in [9.17, 15) is 19.2 Å². The van der Waals surface area contributed by atoms with Crippen LogP contribution in [0.3, 0.4) is 0 Å². The summed E-state index contributed by atoms with van der Waals surface area (Å²) in [7, 11) is 0. The molecule has 0 unspecified atom stereocenters. The van der Waals surface area contributed by atoms with E-state index >= 15 is 0 Å². The Morgan fingerprint density at radius 3 is 1.87 bits per heavy atom. The standard InChI is InChI=1S/C18H17NO4/c1-12(20)10-17(22)19(18(23)11-13(2)21)16-9-5-7-14-6-3-4-8-15(14)16/h3-9H,10-11H2,1-2H3. The van der Waals surface area contributed by atoms with Crippen molar-refractivity contribution in [1.82, 2.24) is 0 Å². The monoisotopic (exact) mass is 311 g/mol. The number of hydrogen-bond acceptors (Lipinski definition) is 4. The third-order valence-electron chi connectivity index (χ3n) is 3.31.